The van der Waals surface area contributed by atoms with Crippen LogP contribution in [0, 0.1) is 18.7 Å². The van der Waals surface area contributed by atoms with E-state index in [0.717, 1.165) is 6.42 Å². The van der Waals surface area contributed by atoms with Crippen LogP contribution in [0.25, 0.3) is 0 Å². The van der Waals surface area contributed by atoms with Gasteiger partial charge in [-0.3, -0.25) is 4.79 Å². The summed E-state index contributed by atoms with van der Waals surface area (Å²) in [5, 5.41) is 0. The van der Waals surface area contributed by atoms with Crippen molar-refractivity contribution in [2.45, 2.75) is 37.5 Å². The minimum atomic E-state index is -3.84. The molecule has 1 aromatic rings. The zero-order valence-electron chi connectivity index (χ0n) is 12.6. The van der Waals surface area contributed by atoms with Gasteiger partial charge in [-0.05, 0) is 49.8 Å². The molecule has 0 unspecified atom stereocenters. The van der Waals surface area contributed by atoms with Crippen LogP contribution in [0.5, 0.6) is 0 Å². The van der Waals surface area contributed by atoms with Gasteiger partial charge in [-0.15, -0.1) is 0 Å². The molecule has 0 spiro atoms. The van der Waals surface area contributed by atoms with Gasteiger partial charge in [-0.25, -0.2) is 12.8 Å². The molecule has 22 heavy (non-hydrogen) atoms. The number of hydrogen-bond donors (Lipinski definition) is 1. The molecule has 1 heterocycles. The summed E-state index contributed by atoms with van der Waals surface area (Å²) in [7, 11) is -3.84. The number of hydrogen-bond acceptors (Lipinski definition) is 3. The Morgan fingerprint density at radius 3 is 2.73 bits per heavy atom. The van der Waals surface area contributed by atoms with Crippen molar-refractivity contribution in [2.24, 2.45) is 11.7 Å². The van der Waals surface area contributed by atoms with Gasteiger partial charge in [0.25, 0.3) is 0 Å². The lowest BCUT2D eigenvalue weighted by Gasteiger charge is -2.20. The number of primary amides is 1. The number of carbonyl (C=O) groups excluding carboxylic acids is 1. The average molecular weight is 328 g/mol. The Bertz CT molecular complexity index is 661. The van der Waals surface area contributed by atoms with E-state index in [9.17, 15) is 17.6 Å². The minimum absolute atomic E-state index is 0.0977. The predicted molar refractivity (Wildman–Crippen MR) is 81.0 cm³/mol. The first-order chi connectivity index (χ1) is 10.3. The molecule has 2 rings (SSSR count). The van der Waals surface area contributed by atoms with E-state index in [-0.39, 0.29) is 29.7 Å². The van der Waals surface area contributed by atoms with Crippen molar-refractivity contribution < 1.29 is 17.6 Å². The summed E-state index contributed by atoms with van der Waals surface area (Å²) in [6.45, 7) is 2.33. The van der Waals surface area contributed by atoms with Gasteiger partial charge in [0.05, 0.1) is 0 Å². The van der Waals surface area contributed by atoms with Crippen molar-refractivity contribution in [3.8, 4) is 0 Å². The van der Waals surface area contributed by atoms with Crippen molar-refractivity contribution in [1.29, 1.82) is 0 Å². The molecule has 1 aliphatic heterocycles. The monoisotopic (exact) mass is 328 g/mol. The molecule has 0 radical (unpaired) electrons. The zero-order chi connectivity index (χ0) is 16.3. The minimum Gasteiger partial charge on any atom is -0.370 e. The smallest absolute Gasteiger partial charge is 0.245 e. The van der Waals surface area contributed by atoms with E-state index in [1.54, 1.807) is 13.0 Å². The van der Waals surface area contributed by atoms with Crippen LogP contribution in [0.1, 0.15) is 31.2 Å². The van der Waals surface area contributed by atoms with Gasteiger partial charge in [-0.1, -0.05) is 6.07 Å². The Kier molecular flexibility index (Phi) is 5.18. The third-order valence-corrected chi connectivity index (χ3v) is 5.93. The molecule has 2 N–H and O–H groups in total. The summed E-state index contributed by atoms with van der Waals surface area (Å²) < 4.78 is 40.5. The van der Waals surface area contributed by atoms with E-state index in [2.05, 4.69) is 0 Å². The fraction of sp³-hybridized carbons (Fsp3) is 0.533. The summed E-state index contributed by atoms with van der Waals surface area (Å²) in [4.78, 5) is 10.7. The summed E-state index contributed by atoms with van der Waals surface area (Å²) >= 11 is 0. The summed E-state index contributed by atoms with van der Waals surface area (Å²) in [5.41, 5.74) is 5.87. The van der Waals surface area contributed by atoms with Crippen LogP contribution < -0.4 is 5.73 Å². The average Bonchev–Trinajstić information content (AvgIpc) is 2.63. The molecular formula is C15H21FN2O3S. The molecule has 1 aromatic carbocycles. The largest absolute Gasteiger partial charge is 0.370 e. The van der Waals surface area contributed by atoms with Gasteiger partial charge < -0.3 is 5.73 Å². The van der Waals surface area contributed by atoms with Crippen molar-refractivity contribution >= 4 is 15.9 Å². The Morgan fingerprint density at radius 1 is 1.36 bits per heavy atom. The molecule has 1 saturated heterocycles. The van der Waals surface area contributed by atoms with Gasteiger partial charge in [-0.2, -0.15) is 4.31 Å². The maximum absolute atomic E-state index is 14.0. The highest BCUT2D eigenvalue weighted by Gasteiger charge is 2.30. The third kappa shape index (κ3) is 3.84. The van der Waals surface area contributed by atoms with Gasteiger partial charge in [0, 0.05) is 19.5 Å². The second kappa shape index (κ2) is 6.75. The molecule has 0 aliphatic carbocycles. The van der Waals surface area contributed by atoms with Crippen LogP contribution in [0.4, 0.5) is 4.39 Å². The fourth-order valence-corrected chi connectivity index (χ4v) is 4.36. The van der Waals surface area contributed by atoms with Crippen LogP contribution in [-0.4, -0.2) is 31.7 Å². The van der Waals surface area contributed by atoms with Crippen molar-refractivity contribution in [2.75, 3.05) is 13.1 Å². The number of nitrogens with two attached hydrogens (primary N) is 1. The molecule has 5 nitrogen and oxygen atoms in total. The first kappa shape index (κ1) is 16.9. The Hall–Kier alpha value is -1.47. The molecule has 1 atom stereocenters. The van der Waals surface area contributed by atoms with Crippen molar-refractivity contribution in [1.82, 2.24) is 4.31 Å². The Morgan fingerprint density at radius 2 is 2.09 bits per heavy atom. The molecule has 122 valence electrons. The third-order valence-electron chi connectivity index (χ3n) is 4.00. The summed E-state index contributed by atoms with van der Waals surface area (Å²) in [6, 6.07) is 4.12. The van der Waals surface area contributed by atoms with E-state index in [1.807, 2.05) is 0 Å². The molecule has 0 bridgehead atoms. The SMILES string of the molecule is Cc1ccc(S(=O)(=O)N2CCC[C@H](CC(N)=O)CC2)c(F)c1. The number of rotatable bonds is 4. The summed E-state index contributed by atoms with van der Waals surface area (Å²) in [5.74, 6) is -0.996. The second-order valence-electron chi connectivity index (χ2n) is 5.81. The van der Waals surface area contributed by atoms with E-state index < -0.39 is 15.8 Å². The van der Waals surface area contributed by atoms with E-state index >= 15 is 0 Å². The number of carbonyl (C=O) groups is 1. The standard InChI is InChI=1S/C15H21FN2O3S/c1-11-4-5-14(13(16)9-11)22(20,21)18-7-2-3-12(6-8-18)10-15(17)19/h4-5,9,12H,2-3,6-8,10H2,1H3,(H2,17,19)/t12-/m0/s1. The van der Waals surface area contributed by atoms with Crippen LogP contribution in [0.2, 0.25) is 0 Å². The molecule has 1 aliphatic rings. The number of halogens is 1. The summed E-state index contributed by atoms with van der Waals surface area (Å²) in [6.07, 6.45) is 2.23. The number of sulfonamides is 1. The zero-order valence-corrected chi connectivity index (χ0v) is 13.4. The number of amides is 1. The molecular weight excluding hydrogens is 307 g/mol. The maximum atomic E-state index is 14.0. The topological polar surface area (TPSA) is 80.5 Å². The van der Waals surface area contributed by atoms with Crippen LogP contribution in [0.3, 0.4) is 0 Å². The number of nitrogens with zero attached hydrogens (tertiary/aromatic N) is 1. The predicted octanol–water partition coefficient (Wildman–Crippen LogP) is 1.80. The van der Waals surface area contributed by atoms with Gasteiger partial charge in [0.1, 0.15) is 10.7 Å². The van der Waals surface area contributed by atoms with Gasteiger partial charge >= 0.3 is 0 Å². The lowest BCUT2D eigenvalue weighted by molar-refractivity contribution is -0.119. The number of benzene rings is 1. The highest BCUT2D eigenvalue weighted by molar-refractivity contribution is 7.89. The van der Waals surface area contributed by atoms with E-state index in [4.69, 9.17) is 5.73 Å². The number of aryl methyl sites for hydroxylation is 1. The van der Waals surface area contributed by atoms with Crippen molar-refractivity contribution in [3.63, 3.8) is 0 Å². The Labute approximate surface area is 130 Å². The highest BCUT2D eigenvalue weighted by Crippen LogP contribution is 2.26. The second-order valence-corrected chi connectivity index (χ2v) is 7.71. The fourth-order valence-electron chi connectivity index (χ4n) is 2.82. The molecule has 1 amide bonds. The van der Waals surface area contributed by atoms with Crippen molar-refractivity contribution in [3.05, 3.63) is 29.6 Å². The molecule has 0 saturated carbocycles. The lowest BCUT2D eigenvalue weighted by Crippen LogP contribution is -2.32. The highest BCUT2D eigenvalue weighted by atomic mass is 32.2. The molecule has 0 aromatic heterocycles. The molecule has 1 fully saturated rings. The lowest BCUT2D eigenvalue weighted by atomic mass is 9.97. The molecule has 7 heteroatoms. The normalized spacial score (nSPS) is 20.5. The van der Waals surface area contributed by atoms with Crippen LogP contribution in [-0.2, 0) is 14.8 Å². The van der Waals surface area contributed by atoms with Gasteiger partial charge in [0.2, 0.25) is 15.9 Å². The quantitative estimate of drug-likeness (QED) is 0.915. The van der Waals surface area contributed by atoms with Crippen LogP contribution in [0.15, 0.2) is 23.1 Å². The Balaban J connectivity index is 2.18. The maximum Gasteiger partial charge on any atom is 0.245 e. The first-order valence-corrected chi connectivity index (χ1v) is 8.79. The van der Waals surface area contributed by atoms with Gasteiger partial charge in [0.15, 0.2) is 0 Å². The van der Waals surface area contributed by atoms with E-state index in [1.165, 1.54) is 16.4 Å². The van der Waals surface area contributed by atoms with Crippen LogP contribution >= 0.6 is 0 Å². The van der Waals surface area contributed by atoms with E-state index in [0.29, 0.717) is 24.9 Å². The first-order valence-electron chi connectivity index (χ1n) is 7.35.